The predicted octanol–water partition coefficient (Wildman–Crippen LogP) is 1.000. The molecule has 0 saturated heterocycles. The third-order valence-electron chi connectivity index (χ3n) is 2.52. The summed E-state index contributed by atoms with van der Waals surface area (Å²) >= 11 is 0. The van der Waals surface area contributed by atoms with Crippen LogP contribution in [0.15, 0.2) is 24.3 Å². The summed E-state index contributed by atoms with van der Waals surface area (Å²) in [6.07, 6.45) is 2.40. The van der Waals surface area contributed by atoms with E-state index >= 15 is 0 Å². The second-order valence-electron chi connectivity index (χ2n) is 4.23. The maximum absolute atomic E-state index is 11.0. The first-order valence-corrected chi connectivity index (χ1v) is 7.53. The lowest BCUT2D eigenvalue weighted by molar-refractivity contribution is 0.414. The van der Waals surface area contributed by atoms with E-state index < -0.39 is 9.84 Å². The smallest absolute Gasteiger partial charge is 0.147 e. The van der Waals surface area contributed by atoms with Crippen LogP contribution in [-0.4, -0.2) is 33.6 Å². The van der Waals surface area contributed by atoms with Crippen LogP contribution in [0.4, 0.5) is 0 Å². The Bertz CT molecular complexity index is 439. The van der Waals surface area contributed by atoms with Gasteiger partial charge in [-0.05, 0) is 30.5 Å². The first kappa shape index (κ1) is 14.0. The third kappa shape index (κ3) is 5.70. The monoisotopic (exact) mass is 257 g/mol. The van der Waals surface area contributed by atoms with E-state index in [1.807, 2.05) is 24.3 Å². The molecule has 5 heteroatoms. The third-order valence-corrected chi connectivity index (χ3v) is 3.49. The van der Waals surface area contributed by atoms with Gasteiger partial charge in [0.25, 0.3) is 0 Å². The predicted molar refractivity (Wildman–Crippen MR) is 69.0 cm³/mol. The van der Waals surface area contributed by atoms with Crippen molar-refractivity contribution in [2.75, 3.05) is 19.1 Å². The average Bonchev–Trinajstić information content (AvgIpc) is 2.27. The van der Waals surface area contributed by atoms with Gasteiger partial charge < -0.3 is 10.5 Å². The summed E-state index contributed by atoms with van der Waals surface area (Å²) in [4.78, 5) is 0. The molecule has 1 rings (SSSR count). The molecule has 0 amide bonds. The van der Waals surface area contributed by atoms with Crippen molar-refractivity contribution in [3.63, 3.8) is 0 Å². The van der Waals surface area contributed by atoms with Gasteiger partial charge in [0.05, 0.1) is 12.9 Å². The van der Waals surface area contributed by atoms with Crippen LogP contribution in [0.5, 0.6) is 5.75 Å². The lowest BCUT2D eigenvalue weighted by atomic mass is 10.0. The number of hydrogen-bond donors (Lipinski definition) is 1. The highest BCUT2D eigenvalue weighted by atomic mass is 32.2. The van der Waals surface area contributed by atoms with Gasteiger partial charge in [-0.25, -0.2) is 8.42 Å². The molecule has 1 aromatic carbocycles. The first-order chi connectivity index (χ1) is 7.90. The molecule has 0 aromatic heterocycles. The molecule has 0 aliphatic heterocycles. The molecule has 0 fully saturated rings. The molecular weight excluding hydrogens is 238 g/mol. The molecule has 1 unspecified atom stereocenters. The minimum Gasteiger partial charge on any atom is -0.497 e. The molecule has 17 heavy (non-hydrogen) atoms. The summed E-state index contributed by atoms with van der Waals surface area (Å²) in [5.74, 6) is 0.947. The van der Waals surface area contributed by atoms with Gasteiger partial charge in [0.1, 0.15) is 15.6 Å². The van der Waals surface area contributed by atoms with Gasteiger partial charge in [-0.15, -0.1) is 0 Å². The van der Waals surface area contributed by atoms with E-state index in [9.17, 15) is 8.42 Å². The van der Waals surface area contributed by atoms with Gasteiger partial charge in [-0.2, -0.15) is 0 Å². The van der Waals surface area contributed by atoms with E-state index in [4.69, 9.17) is 10.5 Å². The molecule has 1 aromatic rings. The van der Waals surface area contributed by atoms with Gasteiger partial charge >= 0.3 is 0 Å². The highest BCUT2D eigenvalue weighted by Crippen LogP contribution is 2.13. The Labute approximate surface area is 103 Å². The second kappa shape index (κ2) is 6.02. The zero-order chi connectivity index (χ0) is 12.9. The highest BCUT2D eigenvalue weighted by Gasteiger charge is 2.09. The Balaban J connectivity index is 2.47. The highest BCUT2D eigenvalue weighted by molar-refractivity contribution is 7.90. The van der Waals surface area contributed by atoms with Gasteiger partial charge in [-0.1, -0.05) is 12.1 Å². The molecule has 96 valence electrons. The average molecular weight is 257 g/mol. The fourth-order valence-corrected chi connectivity index (χ4v) is 2.26. The van der Waals surface area contributed by atoms with E-state index in [0.717, 1.165) is 11.3 Å². The minimum absolute atomic E-state index is 0.127. The summed E-state index contributed by atoms with van der Waals surface area (Å²) in [5.41, 5.74) is 6.98. The van der Waals surface area contributed by atoms with Crippen LogP contribution in [0.2, 0.25) is 0 Å². The van der Waals surface area contributed by atoms with Crippen LogP contribution in [0.3, 0.4) is 0 Å². The lowest BCUT2D eigenvalue weighted by Crippen LogP contribution is -2.25. The summed E-state index contributed by atoms with van der Waals surface area (Å²) < 4.78 is 27.1. The second-order valence-corrected chi connectivity index (χ2v) is 6.49. The first-order valence-electron chi connectivity index (χ1n) is 5.47. The van der Waals surface area contributed by atoms with Gasteiger partial charge in [0.15, 0.2) is 0 Å². The molecule has 0 saturated carbocycles. The van der Waals surface area contributed by atoms with Crippen LogP contribution >= 0.6 is 0 Å². The molecule has 0 heterocycles. The van der Waals surface area contributed by atoms with Crippen molar-refractivity contribution in [1.29, 1.82) is 0 Å². The van der Waals surface area contributed by atoms with Crippen molar-refractivity contribution < 1.29 is 13.2 Å². The summed E-state index contributed by atoms with van der Waals surface area (Å²) in [5, 5.41) is 0. The van der Waals surface area contributed by atoms with E-state index in [2.05, 4.69) is 0 Å². The number of ether oxygens (including phenoxy) is 1. The Morgan fingerprint density at radius 2 is 1.88 bits per heavy atom. The molecule has 2 N–H and O–H groups in total. The van der Waals surface area contributed by atoms with Crippen molar-refractivity contribution in [1.82, 2.24) is 0 Å². The molecule has 4 nitrogen and oxygen atoms in total. The standard InChI is InChI=1S/C12H19NO3S/c1-16-12-5-3-10(4-6-12)9-11(13)7-8-17(2,14)15/h3-6,11H,7-9,13H2,1-2H3. The molecule has 0 bridgehead atoms. The molecule has 0 radical (unpaired) electrons. The fraction of sp³-hybridized carbons (Fsp3) is 0.500. The van der Waals surface area contributed by atoms with Crippen molar-refractivity contribution in [3.8, 4) is 5.75 Å². The molecule has 0 spiro atoms. The van der Waals surface area contributed by atoms with Gasteiger partial charge in [0, 0.05) is 12.3 Å². The van der Waals surface area contributed by atoms with Gasteiger partial charge in [-0.3, -0.25) is 0 Å². The Morgan fingerprint density at radius 3 is 2.35 bits per heavy atom. The van der Waals surface area contributed by atoms with Crippen molar-refractivity contribution in [2.24, 2.45) is 5.73 Å². The molecule has 1 atom stereocenters. The Kier molecular flexibility index (Phi) is 4.96. The van der Waals surface area contributed by atoms with E-state index in [1.165, 1.54) is 6.26 Å². The van der Waals surface area contributed by atoms with E-state index in [1.54, 1.807) is 7.11 Å². The van der Waals surface area contributed by atoms with Crippen LogP contribution in [-0.2, 0) is 16.3 Å². The molecular formula is C12H19NO3S. The number of hydrogen-bond acceptors (Lipinski definition) is 4. The van der Waals surface area contributed by atoms with Crippen molar-refractivity contribution >= 4 is 9.84 Å². The summed E-state index contributed by atoms with van der Waals surface area (Å²) in [6.45, 7) is 0. The zero-order valence-corrected chi connectivity index (χ0v) is 11.0. The number of nitrogens with two attached hydrogens (primary N) is 1. The largest absolute Gasteiger partial charge is 0.497 e. The van der Waals surface area contributed by atoms with Crippen molar-refractivity contribution in [3.05, 3.63) is 29.8 Å². The van der Waals surface area contributed by atoms with E-state index in [0.29, 0.717) is 12.8 Å². The van der Waals surface area contributed by atoms with Crippen LogP contribution < -0.4 is 10.5 Å². The van der Waals surface area contributed by atoms with Crippen LogP contribution in [0.1, 0.15) is 12.0 Å². The summed E-state index contributed by atoms with van der Waals surface area (Å²) in [7, 11) is -1.30. The topological polar surface area (TPSA) is 69.4 Å². The van der Waals surface area contributed by atoms with E-state index in [-0.39, 0.29) is 11.8 Å². The fourth-order valence-electron chi connectivity index (χ4n) is 1.53. The van der Waals surface area contributed by atoms with Crippen LogP contribution in [0, 0.1) is 0 Å². The van der Waals surface area contributed by atoms with Gasteiger partial charge in [0.2, 0.25) is 0 Å². The zero-order valence-electron chi connectivity index (χ0n) is 10.2. The number of methoxy groups -OCH3 is 1. The quantitative estimate of drug-likeness (QED) is 0.825. The minimum atomic E-state index is -2.92. The molecule has 0 aliphatic rings. The SMILES string of the molecule is COc1ccc(CC(N)CCS(C)(=O)=O)cc1. The number of rotatable bonds is 6. The van der Waals surface area contributed by atoms with Crippen molar-refractivity contribution in [2.45, 2.75) is 18.9 Å². The number of benzene rings is 1. The summed E-state index contributed by atoms with van der Waals surface area (Å²) in [6, 6.07) is 7.51. The lowest BCUT2D eigenvalue weighted by Gasteiger charge is -2.11. The van der Waals surface area contributed by atoms with Crippen LogP contribution in [0.25, 0.3) is 0 Å². The maximum Gasteiger partial charge on any atom is 0.147 e. The molecule has 0 aliphatic carbocycles. The Morgan fingerprint density at radius 1 is 1.29 bits per heavy atom. The maximum atomic E-state index is 11.0. The number of sulfone groups is 1. The Hall–Kier alpha value is -1.07. The normalized spacial score (nSPS) is 13.4.